The van der Waals surface area contributed by atoms with Crippen LogP contribution in [0.15, 0.2) is 36.4 Å². The fourth-order valence-electron chi connectivity index (χ4n) is 2.81. The minimum atomic E-state index is -0.222. The summed E-state index contributed by atoms with van der Waals surface area (Å²) >= 11 is 0. The average molecular weight is 340 g/mol. The molecule has 0 saturated heterocycles. The van der Waals surface area contributed by atoms with Crippen molar-refractivity contribution in [2.45, 2.75) is 0 Å². The molecule has 128 valence electrons. The molecule has 6 nitrogen and oxygen atoms in total. The SMILES string of the molecule is COc1cc(-c2c(O)c(C=O)cc3cc(OC)c(O)cc23)ccc1O. The van der Waals surface area contributed by atoms with E-state index in [1.807, 2.05) is 0 Å². The quantitative estimate of drug-likeness (QED) is 0.630. The summed E-state index contributed by atoms with van der Waals surface area (Å²) in [6.07, 6.45) is 0.551. The molecule has 0 heterocycles. The summed E-state index contributed by atoms with van der Waals surface area (Å²) < 4.78 is 10.2. The fourth-order valence-corrected chi connectivity index (χ4v) is 2.81. The predicted octanol–water partition coefficient (Wildman–Crippen LogP) is 3.45. The zero-order valence-corrected chi connectivity index (χ0v) is 13.6. The van der Waals surface area contributed by atoms with Gasteiger partial charge in [-0.3, -0.25) is 4.79 Å². The first-order chi connectivity index (χ1) is 12.0. The summed E-state index contributed by atoms with van der Waals surface area (Å²) in [5.41, 5.74) is 0.962. The highest BCUT2D eigenvalue weighted by atomic mass is 16.5. The van der Waals surface area contributed by atoms with Crippen LogP contribution in [0.2, 0.25) is 0 Å². The predicted molar refractivity (Wildman–Crippen MR) is 92.9 cm³/mol. The molecule has 6 heteroatoms. The maximum Gasteiger partial charge on any atom is 0.161 e. The van der Waals surface area contributed by atoms with E-state index in [-0.39, 0.29) is 34.3 Å². The topological polar surface area (TPSA) is 96.2 Å². The lowest BCUT2D eigenvalue weighted by Crippen LogP contribution is -1.92. The third-order valence-corrected chi connectivity index (χ3v) is 4.04. The Balaban J connectivity index is 2.41. The van der Waals surface area contributed by atoms with Crippen LogP contribution in [0.25, 0.3) is 21.9 Å². The van der Waals surface area contributed by atoms with Crippen molar-refractivity contribution in [3.8, 4) is 39.9 Å². The first-order valence-electron chi connectivity index (χ1n) is 7.39. The van der Waals surface area contributed by atoms with Gasteiger partial charge in [0.15, 0.2) is 29.3 Å². The Labute approximate surface area is 143 Å². The molecule has 25 heavy (non-hydrogen) atoms. The van der Waals surface area contributed by atoms with Crippen LogP contribution in [0, 0.1) is 0 Å². The average Bonchev–Trinajstić information content (AvgIpc) is 2.62. The van der Waals surface area contributed by atoms with Crippen molar-refractivity contribution in [1.29, 1.82) is 0 Å². The number of benzene rings is 3. The van der Waals surface area contributed by atoms with Crippen molar-refractivity contribution in [1.82, 2.24) is 0 Å². The lowest BCUT2D eigenvalue weighted by Gasteiger charge is -2.14. The summed E-state index contributed by atoms with van der Waals surface area (Å²) in [6, 6.07) is 9.11. The van der Waals surface area contributed by atoms with Crippen LogP contribution in [0.5, 0.6) is 28.7 Å². The Hall–Kier alpha value is -3.41. The fraction of sp³-hybridized carbons (Fsp3) is 0.105. The van der Waals surface area contributed by atoms with Crippen molar-refractivity contribution in [3.05, 3.63) is 42.0 Å². The minimum absolute atomic E-state index is 0.0499. The number of rotatable bonds is 4. The Kier molecular flexibility index (Phi) is 4.10. The molecule has 0 saturated carbocycles. The van der Waals surface area contributed by atoms with Crippen molar-refractivity contribution < 1.29 is 29.6 Å². The van der Waals surface area contributed by atoms with Gasteiger partial charge in [-0.05, 0) is 46.7 Å². The highest BCUT2D eigenvalue weighted by Gasteiger charge is 2.18. The molecule has 0 aliphatic rings. The first kappa shape index (κ1) is 16.4. The van der Waals surface area contributed by atoms with E-state index in [1.165, 1.54) is 32.4 Å². The smallest absolute Gasteiger partial charge is 0.161 e. The number of ether oxygens (including phenoxy) is 2. The van der Waals surface area contributed by atoms with Gasteiger partial charge in [0.05, 0.1) is 19.8 Å². The maximum absolute atomic E-state index is 11.3. The van der Waals surface area contributed by atoms with E-state index in [0.29, 0.717) is 28.2 Å². The van der Waals surface area contributed by atoms with Crippen LogP contribution >= 0.6 is 0 Å². The molecular weight excluding hydrogens is 324 g/mol. The largest absolute Gasteiger partial charge is 0.507 e. The molecule has 3 aromatic rings. The summed E-state index contributed by atoms with van der Waals surface area (Å²) in [5, 5.41) is 31.6. The molecule has 0 amide bonds. The summed E-state index contributed by atoms with van der Waals surface area (Å²) in [5.74, 6) is 0.106. The molecular formula is C19H16O6. The van der Waals surface area contributed by atoms with Gasteiger partial charge in [-0.2, -0.15) is 0 Å². The van der Waals surface area contributed by atoms with Crippen molar-refractivity contribution in [3.63, 3.8) is 0 Å². The number of phenolic OH excluding ortho intramolecular Hbond substituents is 3. The second-order valence-corrected chi connectivity index (χ2v) is 5.44. The van der Waals surface area contributed by atoms with E-state index >= 15 is 0 Å². The summed E-state index contributed by atoms with van der Waals surface area (Å²) in [4.78, 5) is 11.3. The van der Waals surface area contributed by atoms with Gasteiger partial charge in [0, 0.05) is 5.56 Å². The van der Waals surface area contributed by atoms with Gasteiger partial charge < -0.3 is 24.8 Å². The van der Waals surface area contributed by atoms with Gasteiger partial charge in [0.25, 0.3) is 0 Å². The molecule has 3 aromatic carbocycles. The maximum atomic E-state index is 11.3. The van der Waals surface area contributed by atoms with Crippen LogP contribution < -0.4 is 9.47 Å². The molecule has 0 bridgehead atoms. The lowest BCUT2D eigenvalue weighted by atomic mass is 9.93. The van der Waals surface area contributed by atoms with Gasteiger partial charge in [0.1, 0.15) is 5.75 Å². The molecule has 3 rings (SSSR count). The number of methoxy groups -OCH3 is 2. The number of hydrogen-bond acceptors (Lipinski definition) is 6. The Morgan fingerprint density at radius 1 is 0.880 bits per heavy atom. The van der Waals surface area contributed by atoms with Gasteiger partial charge in [-0.15, -0.1) is 0 Å². The second-order valence-electron chi connectivity index (χ2n) is 5.44. The van der Waals surface area contributed by atoms with E-state index in [1.54, 1.807) is 18.2 Å². The zero-order valence-electron chi connectivity index (χ0n) is 13.6. The highest BCUT2D eigenvalue weighted by Crippen LogP contribution is 2.44. The van der Waals surface area contributed by atoms with Crippen LogP contribution in [0.1, 0.15) is 10.4 Å². The molecule has 0 unspecified atom stereocenters. The monoisotopic (exact) mass is 340 g/mol. The molecule has 0 aliphatic carbocycles. The van der Waals surface area contributed by atoms with Crippen LogP contribution in [-0.2, 0) is 0 Å². The molecule has 0 fully saturated rings. The van der Waals surface area contributed by atoms with Crippen molar-refractivity contribution in [2.75, 3.05) is 14.2 Å². The molecule has 0 aliphatic heterocycles. The highest BCUT2D eigenvalue weighted by molar-refractivity contribution is 6.05. The van der Waals surface area contributed by atoms with Crippen LogP contribution in [-0.4, -0.2) is 35.8 Å². The molecule has 0 aromatic heterocycles. The molecule has 3 N–H and O–H groups in total. The Bertz CT molecular complexity index is 978. The van der Waals surface area contributed by atoms with Crippen LogP contribution in [0.3, 0.4) is 0 Å². The number of carbonyl (C=O) groups is 1. The summed E-state index contributed by atoms with van der Waals surface area (Å²) in [7, 11) is 2.84. The van der Waals surface area contributed by atoms with Crippen molar-refractivity contribution >= 4 is 17.1 Å². The number of aromatic hydroxyl groups is 3. The second kappa shape index (κ2) is 6.24. The van der Waals surface area contributed by atoms with Crippen molar-refractivity contribution in [2.24, 2.45) is 0 Å². The first-order valence-corrected chi connectivity index (χ1v) is 7.39. The van der Waals surface area contributed by atoms with Gasteiger partial charge in [-0.1, -0.05) is 6.07 Å². The number of fused-ring (bicyclic) bond motifs is 1. The van der Waals surface area contributed by atoms with Gasteiger partial charge in [-0.25, -0.2) is 0 Å². The van der Waals surface area contributed by atoms with E-state index in [9.17, 15) is 20.1 Å². The van der Waals surface area contributed by atoms with E-state index in [2.05, 4.69) is 0 Å². The third kappa shape index (κ3) is 2.67. The standard InChI is InChI=1S/C19H16O6/c1-24-16-6-10(3-4-14(16)21)18-13-8-15(22)17(25-2)7-11(13)5-12(9-20)19(18)23/h3-9,21-23H,1-2H3. The Morgan fingerprint density at radius 2 is 1.56 bits per heavy atom. The van der Waals surface area contributed by atoms with E-state index in [0.717, 1.165) is 0 Å². The number of carbonyl (C=O) groups excluding carboxylic acids is 1. The lowest BCUT2D eigenvalue weighted by molar-refractivity contribution is 0.112. The Morgan fingerprint density at radius 3 is 2.20 bits per heavy atom. The number of phenols is 3. The van der Waals surface area contributed by atoms with Gasteiger partial charge >= 0.3 is 0 Å². The minimum Gasteiger partial charge on any atom is -0.507 e. The summed E-state index contributed by atoms with van der Waals surface area (Å²) in [6.45, 7) is 0. The van der Waals surface area contributed by atoms with Crippen LogP contribution in [0.4, 0.5) is 0 Å². The normalized spacial score (nSPS) is 10.6. The van der Waals surface area contributed by atoms with Gasteiger partial charge in [0.2, 0.25) is 0 Å². The molecule has 0 atom stereocenters. The van der Waals surface area contributed by atoms with E-state index in [4.69, 9.17) is 9.47 Å². The number of aldehydes is 1. The van der Waals surface area contributed by atoms with E-state index < -0.39 is 0 Å². The zero-order chi connectivity index (χ0) is 18.1. The molecule has 0 radical (unpaired) electrons. The number of hydrogen-bond donors (Lipinski definition) is 3. The third-order valence-electron chi connectivity index (χ3n) is 4.04. The molecule has 0 spiro atoms.